The van der Waals surface area contributed by atoms with E-state index in [9.17, 15) is 4.79 Å². The third-order valence-corrected chi connectivity index (χ3v) is 5.93. The molecule has 2 N–H and O–H groups in total. The molecule has 0 radical (unpaired) electrons. The van der Waals surface area contributed by atoms with Crippen LogP contribution >= 0.6 is 0 Å². The quantitative estimate of drug-likeness (QED) is 0.494. The average Bonchev–Trinajstić information content (AvgIpc) is 2.88. The lowest BCUT2D eigenvalue weighted by atomic mass is 10.1. The number of anilines is 2. The number of carbonyl (C=O) groups excluding carboxylic acids is 1. The van der Waals surface area contributed by atoms with Crippen LogP contribution in [0.5, 0.6) is 5.75 Å². The van der Waals surface area contributed by atoms with Gasteiger partial charge < -0.3 is 20.3 Å². The fourth-order valence-corrected chi connectivity index (χ4v) is 4.04. The molecule has 1 aliphatic heterocycles. The molecule has 0 unspecified atom stereocenters. The van der Waals surface area contributed by atoms with Crippen LogP contribution in [0.1, 0.15) is 5.56 Å². The van der Waals surface area contributed by atoms with Gasteiger partial charge in [0.2, 0.25) is 5.95 Å². The number of para-hydroxylation sites is 1. The Kier molecular flexibility index (Phi) is 5.95. The topological polar surface area (TPSA) is 97.5 Å². The second-order valence-electron chi connectivity index (χ2n) is 8.31. The Hall–Kier alpha value is -4.20. The van der Waals surface area contributed by atoms with Gasteiger partial charge in [-0.05, 0) is 31.2 Å². The van der Waals surface area contributed by atoms with Crippen molar-refractivity contribution in [2.24, 2.45) is 0 Å². The van der Waals surface area contributed by atoms with Crippen molar-refractivity contribution >= 4 is 28.7 Å². The van der Waals surface area contributed by atoms with E-state index in [0.717, 1.165) is 11.3 Å². The molecular weight excluding hydrogens is 428 g/mol. The third-order valence-electron chi connectivity index (χ3n) is 5.93. The van der Waals surface area contributed by atoms with Gasteiger partial charge in [0.25, 0.3) is 5.91 Å². The highest BCUT2D eigenvalue weighted by atomic mass is 16.5. The maximum absolute atomic E-state index is 12.6. The molecule has 172 valence electrons. The number of hydrogen-bond donors (Lipinski definition) is 1. The first-order valence-electron chi connectivity index (χ1n) is 11.3. The molecule has 34 heavy (non-hydrogen) atoms. The number of nitrogens with zero attached hydrogens (tertiary/aromatic N) is 5. The van der Waals surface area contributed by atoms with Crippen molar-refractivity contribution in [2.45, 2.75) is 6.92 Å². The number of carbonyl (C=O) groups is 1. The van der Waals surface area contributed by atoms with Gasteiger partial charge in [0.15, 0.2) is 12.4 Å². The summed E-state index contributed by atoms with van der Waals surface area (Å²) in [6.45, 7) is 4.47. The molecule has 0 spiro atoms. The summed E-state index contributed by atoms with van der Waals surface area (Å²) in [6.07, 6.45) is 0. The number of rotatable bonds is 5. The van der Waals surface area contributed by atoms with Gasteiger partial charge in [0.1, 0.15) is 11.3 Å². The standard InChI is InChI=1S/C26H26N6O2/c1-18-7-9-19(10-8-18)21-11-12-22-24(28-21)25(30-26(27)29-22)32-15-13-31(14-16-32)23(33)17-34-20-5-3-2-4-6-20/h2-12H,13-17H2,1H3,(H2,27,29,30). The lowest BCUT2D eigenvalue weighted by molar-refractivity contribution is -0.133. The molecule has 8 heteroatoms. The van der Waals surface area contributed by atoms with E-state index in [-0.39, 0.29) is 18.5 Å². The van der Waals surface area contributed by atoms with Crippen molar-refractivity contribution in [2.75, 3.05) is 43.4 Å². The van der Waals surface area contributed by atoms with E-state index in [0.29, 0.717) is 48.8 Å². The van der Waals surface area contributed by atoms with Gasteiger partial charge >= 0.3 is 0 Å². The van der Waals surface area contributed by atoms with Gasteiger partial charge in [0, 0.05) is 31.7 Å². The monoisotopic (exact) mass is 454 g/mol. The molecule has 1 fully saturated rings. The maximum atomic E-state index is 12.6. The van der Waals surface area contributed by atoms with Crippen LogP contribution < -0.4 is 15.4 Å². The molecule has 2 aromatic heterocycles. The number of ether oxygens (including phenoxy) is 1. The first-order chi connectivity index (χ1) is 16.6. The highest BCUT2D eigenvalue weighted by Crippen LogP contribution is 2.27. The van der Waals surface area contributed by atoms with Gasteiger partial charge in [0.05, 0.1) is 11.2 Å². The first-order valence-corrected chi connectivity index (χ1v) is 11.3. The summed E-state index contributed by atoms with van der Waals surface area (Å²) in [4.78, 5) is 30.3. The highest BCUT2D eigenvalue weighted by Gasteiger charge is 2.24. The van der Waals surface area contributed by atoms with Crippen LogP contribution in [0.4, 0.5) is 11.8 Å². The highest BCUT2D eigenvalue weighted by molar-refractivity contribution is 5.89. The lowest BCUT2D eigenvalue weighted by Gasteiger charge is -2.35. The number of amides is 1. The van der Waals surface area contributed by atoms with Crippen molar-refractivity contribution in [3.63, 3.8) is 0 Å². The Morgan fingerprint density at radius 3 is 2.38 bits per heavy atom. The molecule has 0 saturated carbocycles. The molecule has 1 aliphatic rings. The van der Waals surface area contributed by atoms with Gasteiger partial charge in [-0.2, -0.15) is 4.98 Å². The molecular formula is C26H26N6O2. The Balaban J connectivity index is 1.32. The summed E-state index contributed by atoms with van der Waals surface area (Å²) in [6, 6.07) is 21.5. The van der Waals surface area contributed by atoms with Crippen LogP contribution in [-0.4, -0.2) is 58.5 Å². The summed E-state index contributed by atoms with van der Waals surface area (Å²) in [5.74, 6) is 1.56. The number of nitrogen functional groups attached to an aromatic ring is 1. The molecule has 3 heterocycles. The SMILES string of the molecule is Cc1ccc(-c2ccc3nc(N)nc(N4CCN(C(=O)COc5ccccc5)CC4)c3n2)cc1. The molecule has 2 aromatic carbocycles. The largest absolute Gasteiger partial charge is 0.484 e. The summed E-state index contributed by atoms with van der Waals surface area (Å²) >= 11 is 0. The Labute approximate surface area is 198 Å². The normalized spacial score (nSPS) is 13.8. The molecule has 4 aromatic rings. The van der Waals surface area contributed by atoms with E-state index in [2.05, 4.69) is 46.1 Å². The molecule has 1 amide bonds. The number of aromatic nitrogens is 3. The van der Waals surface area contributed by atoms with Crippen LogP contribution in [-0.2, 0) is 4.79 Å². The number of hydrogen-bond acceptors (Lipinski definition) is 7. The fraction of sp³-hybridized carbons (Fsp3) is 0.231. The molecule has 0 aliphatic carbocycles. The summed E-state index contributed by atoms with van der Waals surface area (Å²) in [5, 5.41) is 0. The predicted octanol–water partition coefficient (Wildman–Crippen LogP) is 3.31. The zero-order chi connectivity index (χ0) is 23.5. The van der Waals surface area contributed by atoms with Gasteiger partial charge in [-0.15, -0.1) is 0 Å². The van der Waals surface area contributed by atoms with Crippen molar-refractivity contribution in [3.05, 3.63) is 72.3 Å². The zero-order valence-electron chi connectivity index (χ0n) is 19.0. The zero-order valence-corrected chi connectivity index (χ0v) is 19.0. The van der Waals surface area contributed by atoms with Crippen LogP contribution in [0.15, 0.2) is 66.7 Å². The second kappa shape index (κ2) is 9.35. The van der Waals surface area contributed by atoms with Gasteiger partial charge in [-0.1, -0.05) is 48.0 Å². The van der Waals surface area contributed by atoms with E-state index in [4.69, 9.17) is 15.5 Å². The lowest BCUT2D eigenvalue weighted by Crippen LogP contribution is -2.50. The van der Waals surface area contributed by atoms with Gasteiger partial charge in [-0.25, -0.2) is 9.97 Å². The summed E-state index contributed by atoms with van der Waals surface area (Å²) in [5.41, 5.74) is 10.5. The first kappa shape index (κ1) is 21.6. The van der Waals surface area contributed by atoms with E-state index in [1.807, 2.05) is 47.4 Å². The minimum Gasteiger partial charge on any atom is -0.484 e. The minimum atomic E-state index is -0.0321. The second-order valence-corrected chi connectivity index (χ2v) is 8.31. The predicted molar refractivity (Wildman–Crippen MR) is 133 cm³/mol. The minimum absolute atomic E-state index is 0.0227. The number of pyridine rings is 1. The van der Waals surface area contributed by atoms with E-state index >= 15 is 0 Å². The Morgan fingerprint density at radius 2 is 1.65 bits per heavy atom. The molecule has 0 bridgehead atoms. The third kappa shape index (κ3) is 4.61. The molecule has 0 atom stereocenters. The number of nitrogens with two attached hydrogens (primary N) is 1. The van der Waals surface area contributed by atoms with Crippen LogP contribution in [0.2, 0.25) is 0 Å². The number of benzene rings is 2. The van der Waals surface area contributed by atoms with Crippen molar-refractivity contribution < 1.29 is 9.53 Å². The van der Waals surface area contributed by atoms with E-state index < -0.39 is 0 Å². The van der Waals surface area contributed by atoms with Crippen LogP contribution in [0, 0.1) is 6.92 Å². The van der Waals surface area contributed by atoms with Gasteiger partial charge in [-0.3, -0.25) is 4.79 Å². The Bertz CT molecular complexity index is 1300. The number of fused-ring (bicyclic) bond motifs is 1. The van der Waals surface area contributed by atoms with Crippen molar-refractivity contribution in [1.82, 2.24) is 19.9 Å². The number of piperazine rings is 1. The smallest absolute Gasteiger partial charge is 0.260 e. The molecule has 5 rings (SSSR count). The average molecular weight is 455 g/mol. The van der Waals surface area contributed by atoms with E-state index in [1.165, 1.54) is 5.56 Å². The van der Waals surface area contributed by atoms with Crippen molar-refractivity contribution in [3.8, 4) is 17.0 Å². The summed E-state index contributed by atoms with van der Waals surface area (Å²) < 4.78 is 5.62. The van der Waals surface area contributed by atoms with Crippen LogP contribution in [0.3, 0.4) is 0 Å². The van der Waals surface area contributed by atoms with E-state index in [1.54, 1.807) is 0 Å². The Morgan fingerprint density at radius 1 is 0.912 bits per heavy atom. The number of aryl methyl sites for hydroxylation is 1. The fourth-order valence-electron chi connectivity index (χ4n) is 4.04. The van der Waals surface area contributed by atoms with Crippen molar-refractivity contribution in [1.29, 1.82) is 0 Å². The summed E-state index contributed by atoms with van der Waals surface area (Å²) in [7, 11) is 0. The molecule has 1 saturated heterocycles. The molecule has 8 nitrogen and oxygen atoms in total. The maximum Gasteiger partial charge on any atom is 0.260 e. The van der Waals surface area contributed by atoms with Crippen LogP contribution in [0.25, 0.3) is 22.3 Å².